The second-order valence-electron chi connectivity index (χ2n) is 4.87. The van der Waals surface area contributed by atoms with Crippen LogP contribution in [0.1, 0.15) is 18.1 Å². The summed E-state index contributed by atoms with van der Waals surface area (Å²) >= 11 is 3.51. The van der Waals surface area contributed by atoms with E-state index in [4.69, 9.17) is 10.5 Å². The smallest absolute Gasteiger partial charge is 0.137 e. The molecule has 3 N–H and O–H groups in total. The summed E-state index contributed by atoms with van der Waals surface area (Å²) in [4.78, 5) is 0. The molecule has 0 spiro atoms. The summed E-state index contributed by atoms with van der Waals surface area (Å²) < 4.78 is 6.81. The van der Waals surface area contributed by atoms with Gasteiger partial charge in [-0.1, -0.05) is 24.3 Å². The molecule has 0 heterocycles. The lowest BCUT2D eigenvalue weighted by Gasteiger charge is -2.15. The van der Waals surface area contributed by atoms with Crippen molar-refractivity contribution in [1.82, 2.24) is 0 Å². The molecular weight excluding hydrogens is 318 g/mol. The van der Waals surface area contributed by atoms with E-state index in [1.165, 1.54) is 0 Å². The van der Waals surface area contributed by atoms with Gasteiger partial charge in [0.25, 0.3) is 0 Å². The van der Waals surface area contributed by atoms with Crippen LogP contribution in [0, 0.1) is 0 Å². The van der Waals surface area contributed by atoms with Crippen LogP contribution in [0.4, 0.5) is 0 Å². The molecule has 0 aliphatic rings. The van der Waals surface area contributed by atoms with Crippen LogP contribution >= 0.6 is 15.9 Å². The molecule has 20 heavy (non-hydrogen) atoms. The molecule has 0 amide bonds. The van der Waals surface area contributed by atoms with Crippen LogP contribution in [-0.2, 0) is 13.0 Å². The van der Waals surface area contributed by atoms with Crippen molar-refractivity contribution in [2.75, 3.05) is 0 Å². The van der Waals surface area contributed by atoms with Crippen molar-refractivity contribution in [3.05, 3.63) is 58.1 Å². The lowest BCUT2D eigenvalue weighted by atomic mass is 10.1. The van der Waals surface area contributed by atoms with Crippen molar-refractivity contribution in [1.29, 1.82) is 0 Å². The molecular formula is C16H18BrNO2. The van der Waals surface area contributed by atoms with E-state index in [1.807, 2.05) is 31.2 Å². The molecule has 0 saturated carbocycles. The normalized spacial score (nSPS) is 12.2. The number of para-hydroxylation sites is 1. The lowest BCUT2D eigenvalue weighted by molar-refractivity contribution is 0.299. The number of phenolic OH excluding ortho intramolecular Hbond substituents is 1. The van der Waals surface area contributed by atoms with E-state index in [2.05, 4.69) is 15.9 Å². The van der Waals surface area contributed by atoms with Crippen LogP contribution in [0.15, 0.2) is 46.9 Å². The highest BCUT2D eigenvalue weighted by Crippen LogP contribution is 2.30. The Kier molecular flexibility index (Phi) is 5.04. The first-order valence-electron chi connectivity index (χ1n) is 6.50. The van der Waals surface area contributed by atoms with E-state index in [1.54, 1.807) is 18.2 Å². The Labute approximate surface area is 127 Å². The van der Waals surface area contributed by atoms with E-state index in [9.17, 15) is 5.11 Å². The van der Waals surface area contributed by atoms with Gasteiger partial charge in [0, 0.05) is 6.04 Å². The molecule has 2 rings (SSSR count). The summed E-state index contributed by atoms with van der Waals surface area (Å²) in [5.41, 5.74) is 7.87. The van der Waals surface area contributed by atoms with Crippen LogP contribution in [0.25, 0.3) is 0 Å². The molecule has 0 bridgehead atoms. The van der Waals surface area contributed by atoms with Crippen molar-refractivity contribution in [2.24, 2.45) is 5.73 Å². The average Bonchev–Trinajstić information content (AvgIpc) is 2.37. The van der Waals surface area contributed by atoms with Crippen LogP contribution in [0.5, 0.6) is 11.5 Å². The highest BCUT2D eigenvalue weighted by atomic mass is 79.9. The molecule has 3 nitrogen and oxygen atoms in total. The van der Waals surface area contributed by atoms with E-state index < -0.39 is 0 Å². The van der Waals surface area contributed by atoms with E-state index >= 15 is 0 Å². The molecule has 106 valence electrons. The molecule has 0 saturated heterocycles. The van der Waals surface area contributed by atoms with Crippen molar-refractivity contribution in [3.63, 3.8) is 0 Å². The first-order valence-corrected chi connectivity index (χ1v) is 7.29. The molecule has 0 radical (unpaired) electrons. The van der Waals surface area contributed by atoms with Crippen LogP contribution in [0.2, 0.25) is 0 Å². The van der Waals surface area contributed by atoms with E-state index in [0.29, 0.717) is 6.61 Å². The molecule has 0 fully saturated rings. The Hall–Kier alpha value is -1.52. The fourth-order valence-corrected chi connectivity index (χ4v) is 2.55. The fraction of sp³-hybridized carbons (Fsp3) is 0.250. The Morgan fingerprint density at radius 2 is 2.00 bits per heavy atom. The largest absolute Gasteiger partial charge is 0.508 e. The van der Waals surface area contributed by atoms with Crippen LogP contribution in [-0.4, -0.2) is 11.1 Å². The predicted octanol–water partition coefficient (Wildman–Crippen LogP) is 3.62. The van der Waals surface area contributed by atoms with Gasteiger partial charge in [-0.15, -0.1) is 0 Å². The van der Waals surface area contributed by atoms with Crippen molar-refractivity contribution < 1.29 is 9.84 Å². The molecule has 0 aliphatic carbocycles. The van der Waals surface area contributed by atoms with Crippen molar-refractivity contribution in [2.45, 2.75) is 26.0 Å². The minimum Gasteiger partial charge on any atom is -0.508 e. The van der Waals surface area contributed by atoms with Gasteiger partial charge in [0.05, 0.1) is 4.47 Å². The van der Waals surface area contributed by atoms with Gasteiger partial charge in [-0.2, -0.15) is 0 Å². The number of hydrogen-bond donors (Lipinski definition) is 2. The molecule has 0 aromatic heterocycles. The molecule has 1 atom stereocenters. The van der Waals surface area contributed by atoms with Gasteiger partial charge in [0.15, 0.2) is 0 Å². The summed E-state index contributed by atoms with van der Waals surface area (Å²) in [5, 5.41) is 9.46. The van der Waals surface area contributed by atoms with Crippen molar-refractivity contribution in [3.8, 4) is 11.5 Å². The maximum atomic E-state index is 9.46. The minimum atomic E-state index is 0.0763. The topological polar surface area (TPSA) is 55.5 Å². The van der Waals surface area contributed by atoms with Crippen LogP contribution in [0.3, 0.4) is 0 Å². The van der Waals surface area contributed by atoms with Gasteiger partial charge in [0.2, 0.25) is 0 Å². The van der Waals surface area contributed by atoms with Gasteiger partial charge < -0.3 is 15.6 Å². The fourth-order valence-electron chi connectivity index (χ4n) is 2.02. The number of phenols is 1. The Morgan fingerprint density at radius 1 is 1.25 bits per heavy atom. The molecule has 2 aromatic carbocycles. The van der Waals surface area contributed by atoms with Gasteiger partial charge in [-0.05, 0) is 58.6 Å². The van der Waals surface area contributed by atoms with Gasteiger partial charge in [-0.25, -0.2) is 0 Å². The van der Waals surface area contributed by atoms with Gasteiger partial charge in [-0.3, -0.25) is 0 Å². The highest BCUT2D eigenvalue weighted by molar-refractivity contribution is 9.10. The Balaban J connectivity index is 2.16. The number of aromatic hydroxyl groups is 1. The summed E-state index contributed by atoms with van der Waals surface area (Å²) in [6.07, 6.45) is 0.759. The van der Waals surface area contributed by atoms with Crippen molar-refractivity contribution >= 4 is 15.9 Å². The minimum absolute atomic E-state index is 0.0763. The van der Waals surface area contributed by atoms with Crippen LogP contribution < -0.4 is 10.5 Å². The SMILES string of the molecule is CC(N)Cc1cccc(Br)c1OCc1cccc(O)c1. The van der Waals surface area contributed by atoms with E-state index in [-0.39, 0.29) is 11.8 Å². The zero-order valence-electron chi connectivity index (χ0n) is 11.3. The third-order valence-corrected chi connectivity index (χ3v) is 3.51. The summed E-state index contributed by atoms with van der Waals surface area (Å²) in [6.45, 7) is 2.38. The lowest BCUT2D eigenvalue weighted by Crippen LogP contribution is -2.18. The average molecular weight is 336 g/mol. The van der Waals surface area contributed by atoms with Gasteiger partial charge in [0.1, 0.15) is 18.1 Å². The first-order chi connectivity index (χ1) is 9.56. The Morgan fingerprint density at radius 3 is 2.70 bits per heavy atom. The number of nitrogens with two attached hydrogens (primary N) is 1. The zero-order valence-corrected chi connectivity index (χ0v) is 12.9. The number of benzene rings is 2. The third kappa shape index (κ3) is 3.99. The number of rotatable bonds is 5. The number of hydrogen-bond acceptors (Lipinski definition) is 3. The number of halogens is 1. The second-order valence-corrected chi connectivity index (χ2v) is 5.72. The summed E-state index contributed by atoms with van der Waals surface area (Å²) in [5.74, 6) is 1.06. The van der Waals surface area contributed by atoms with Gasteiger partial charge >= 0.3 is 0 Å². The monoisotopic (exact) mass is 335 g/mol. The van der Waals surface area contributed by atoms with E-state index in [0.717, 1.165) is 27.8 Å². The molecule has 0 aliphatic heterocycles. The Bertz CT molecular complexity index is 584. The summed E-state index contributed by atoms with van der Waals surface area (Å²) in [7, 11) is 0. The highest BCUT2D eigenvalue weighted by Gasteiger charge is 2.10. The zero-order chi connectivity index (χ0) is 14.5. The summed E-state index contributed by atoms with van der Waals surface area (Å²) in [6, 6.07) is 13.1. The number of ether oxygens (including phenoxy) is 1. The predicted molar refractivity (Wildman–Crippen MR) is 83.9 cm³/mol. The first kappa shape index (κ1) is 14.9. The third-order valence-electron chi connectivity index (χ3n) is 2.88. The molecule has 4 heteroatoms. The molecule has 2 aromatic rings. The second kappa shape index (κ2) is 6.77. The quantitative estimate of drug-likeness (QED) is 0.877. The standard InChI is InChI=1S/C16H18BrNO2/c1-11(18)8-13-5-3-7-15(17)16(13)20-10-12-4-2-6-14(19)9-12/h2-7,9,11,19H,8,10,18H2,1H3. The maximum Gasteiger partial charge on any atom is 0.137 e. The molecule has 1 unspecified atom stereocenters. The maximum absolute atomic E-state index is 9.46.